The van der Waals surface area contributed by atoms with Gasteiger partial charge in [0.15, 0.2) is 0 Å². The highest BCUT2D eigenvalue weighted by Gasteiger charge is 2.25. The van der Waals surface area contributed by atoms with Gasteiger partial charge < -0.3 is 24.8 Å². The van der Waals surface area contributed by atoms with Crippen LogP contribution in [0.1, 0.15) is 53.8 Å². The molecule has 2 aliphatic rings. The Balaban J connectivity index is 1.69. The van der Waals surface area contributed by atoms with E-state index in [4.69, 9.17) is 4.74 Å². The molecule has 10 nitrogen and oxygen atoms in total. The highest BCUT2D eigenvalue weighted by molar-refractivity contribution is 6.10. The molecule has 0 saturated carbocycles. The van der Waals surface area contributed by atoms with Crippen LogP contribution in [-0.2, 0) is 4.74 Å². The standard InChI is InChI=1S/C27H35N5O5/c1-3-29-14-16-31(17-15-29)25-10-8-20(27(34)37-4-2)18-23(25)28-26(33)22-19-21(32(35)36)9-11-24(22)30-12-6-5-7-13-30/h8-11,18-19H,3-7,12-17H2,1-2H3,(H,28,33). The minimum absolute atomic E-state index is 0.137. The summed E-state index contributed by atoms with van der Waals surface area (Å²) >= 11 is 0. The van der Waals surface area contributed by atoms with E-state index in [1.54, 1.807) is 25.1 Å². The summed E-state index contributed by atoms with van der Waals surface area (Å²) in [7, 11) is 0. The summed E-state index contributed by atoms with van der Waals surface area (Å²) < 4.78 is 5.17. The number of hydrogen-bond acceptors (Lipinski definition) is 8. The van der Waals surface area contributed by atoms with Crippen molar-refractivity contribution in [2.24, 2.45) is 0 Å². The molecule has 198 valence electrons. The van der Waals surface area contributed by atoms with Gasteiger partial charge in [0, 0.05) is 51.4 Å². The lowest BCUT2D eigenvalue weighted by Crippen LogP contribution is -2.46. The smallest absolute Gasteiger partial charge is 0.338 e. The lowest BCUT2D eigenvalue weighted by Gasteiger charge is -2.36. The highest BCUT2D eigenvalue weighted by atomic mass is 16.6. The number of ether oxygens (including phenoxy) is 1. The summed E-state index contributed by atoms with van der Waals surface area (Å²) in [4.78, 5) is 43.8. The SMILES string of the molecule is CCOC(=O)c1ccc(N2CCN(CC)CC2)c(NC(=O)c2cc([N+](=O)[O-])ccc2N2CCCCC2)c1. The van der Waals surface area contributed by atoms with Gasteiger partial charge >= 0.3 is 5.97 Å². The molecule has 4 rings (SSSR count). The third-order valence-corrected chi connectivity index (χ3v) is 7.05. The Morgan fingerprint density at radius 3 is 2.24 bits per heavy atom. The molecule has 2 heterocycles. The van der Waals surface area contributed by atoms with Gasteiger partial charge in [-0.05, 0) is 57.0 Å². The highest BCUT2D eigenvalue weighted by Crippen LogP contribution is 2.32. The maximum Gasteiger partial charge on any atom is 0.338 e. The van der Waals surface area contributed by atoms with Crippen LogP contribution in [0.25, 0.3) is 0 Å². The fraction of sp³-hybridized carbons (Fsp3) is 0.481. The minimum Gasteiger partial charge on any atom is -0.462 e. The number of nitro benzene ring substituents is 1. The van der Waals surface area contributed by atoms with Crippen molar-refractivity contribution >= 4 is 34.6 Å². The number of esters is 1. The molecule has 0 spiro atoms. The number of piperazine rings is 1. The second kappa shape index (κ2) is 12.1. The van der Waals surface area contributed by atoms with E-state index in [0.29, 0.717) is 16.9 Å². The van der Waals surface area contributed by atoms with Crippen LogP contribution in [0.5, 0.6) is 0 Å². The average Bonchev–Trinajstić information content (AvgIpc) is 2.93. The molecule has 0 aromatic heterocycles. The van der Waals surface area contributed by atoms with Gasteiger partial charge in [-0.25, -0.2) is 4.79 Å². The fourth-order valence-corrected chi connectivity index (χ4v) is 4.98. The quantitative estimate of drug-likeness (QED) is 0.321. The average molecular weight is 510 g/mol. The molecular formula is C27H35N5O5. The number of nitrogens with zero attached hydrogens (tertiary/aromatic N) is 4. The van der Waals surface area contributed by atoms with Crippen molar-refractivity contribution in [3.05, 3.63) is 57.6 Å². The second-order valence-electron chi connectivity index (χ2n) is 9.33. The van der Waals surface area contributed by atoms with Crippen LogP contribution in [0.3, 0.4) is 0 Å². The molecule has 0 unspecified atom stereocenters. The molecular weight excluding hydrogens is 474 g/mol. The van der Waals surface area contributed by atoms with Crippen molar-refractivity contribution < 1.29 is 19.2 Å². The summed E-state index contributed by atoms with van der Waals surface area (Å²) in [6.45, 7) is 10.0. The molecule has 2 fully saturated rings. The first-order chi connectivity index (χ1) is 17.9. The number of nitrogens with one attached hydrogen (secondary N) is 1. The Morgan fingerprint density at radius 2 is 1.59 bits per heavy atom. The normalized spacial score (nSPS) is 16.4. The zero-order valence-corrected chi connectivity index (χ0v) is 21.6. The van der Waals surface area contributed by atoms with Crippen LogP contribution >= 0.6 is 0 Å². The van der Waals surface area contributed by atoms with Crippen molar-refractivity contribution in [3.63, 3.8) is 0 Å². The van der Waals surface area contributed by atoms with E-state index in [1.807, 2.05) is 6.07 Å². The lowest BCUT2D eigenvalue weighted by atomic mass is 10.1. The predicted molar refractivity (Wildman–Crippen MR) is 144 cm³/mol. The van der Waals surface area contributed by atoms with Crippen molar-refractivity contribution in [1.82, 2.24) is 4.90 Å². The molecule has 0 aliphatic carbocycles. The molecule has 2 aromatic carbocycles. The Hall–Kier alpha value is -3.66. The van der Waals surface area contributed by atoms with Crippen LogP contribution in [0, 0.1) is 10.1 Å². The van der Waals surface area contributed by atoms with Gasteiger partial charge in [0.2, 0.25) is 0 Å². The van der Waals surface area contributed by atoms with E-state index in [1.165, 1.54) is 12.1 Å². The molecule has 0 radical (unpaired) electrons. The number of hydrogen-bond donors (Lipinski definition) is 1. The van der Waals surface area contributed by atoms with Crippen LogP contribution in [0.15, 0.2) is 36.4 Å². The number of anilines is 3. The summed E-state index contributed by atoms with van der Waals surface area (Å²) in [5, 5.41) is 14.5. The van der Waals surface area contributed by atoms with Gasteiger partial charge in [0.25, 0.3) is 11.6 Å². The van der Waals surface area contributed by atoms with E-state index in [0.717, 1.165) is 70.8 Å². The number of nitro groups is 1. The summed E-state index contributed by atoms with van der Waals surface area (Å²) in [6.07, 6.45) is 3.14. The number of benzene rings is 2. The first-order valence-electron chi connectivity index (χ1n) is 13.0. The summed E-state index contributed by atoms with van der Waals surface area (Å²) in [5.41, 5.74) is 2.42. The predicted octanol–water partition coefficient (Wildman–Crippen LogP) is 4.16. The number of carbonyl (C=O) groups excluding carboxylic acids is 2. The molecule has 37 heavy (non-hydrogen) atoms. The molecule has 2 aliphatic heterocycles. The third-order valence-electron chi connectivity index (χ3n) is 7.05. The second-order valence-corrected chi connectivity index (χ2v) is 9.33. The van der Waals surface area contributed by atoms with E-state index >= 15 is 0 Å². The number of amides is 1. The van der Waals surface area contributed by atoms with E-state index < -0.39 is 16.8 Å². The molecule has 1 amide bonds. The third kappa shape index (κ3) is 6.19. The zero-order chi connectivity index (χ0) is 26.4. The maximum absolute atomic E-state index is 13.7. The van der Waals surface area contributed by atoms with Gasteiger partial charge in [-0.15, -0.1) is 0 Å². The van der Waals surface area contributed by atoms with Gasteiger partial charge in [0.05, 0.1) is 39.7 Å². The van der Waals surface area contributed by atoms with Gasteiger partial charge in [-0.3, -0.25) is 14.9 Å². The van der Waals surface area contributed by atoms with Crippen molar-refractivity contribution in [2.75, 3.05) is 67.5 Å². The topological polar surface area (TPSA) is 108 Å². The Bertz CT molecular complexity index is 1140. The molecule has 1 N–H and O–H groups in total. The van der Waals surface area contributed by atoms with E-state index in [9.17, 15) is 19.7 Å². The molecule has 2 aromatic rings. The largest absolute Gasteiger partial charge is 0.462 e. The number of piperidine rings is 1. The maximum atomic E-state index is 13.7. The van der Waals surface area contributed by atoms with E-state index in [-0.39, 0.29) is 17.9 Å². The van der Waals surface area contributed by atoms with Crippen LogP contribution in [0.2, 0.25) is 0 Å². The monoisotopic (exact) mass is 509 g/mol. The summed E-state index contributed by atoms with van der Waals surface area (Å²) in [6, 6.07) is 9.63. The van der Waals surface area contributed by atoms with Crippen LogP contribution in [-0.4, -0.2) is 74.1 Å². The Kier molecular flexibility index (Phi) is 8.60. The Morgan fingerprint density at radius 1 is 0.919 bits per heavy atom. The molecule has 2 saturated heterocycles. The lowest BCUT2D eigenvalue weighted by molar-refractivity contribution is -0.384. The first kappa shape index (κ1) is 26.4. The number of rotatable bonds is 8. The minimum atomic E-state index is -0.489. The van der Waals surface area contributed by atoms with Crippen molar-refractivity contribution in [2.45, 2.75) is 33.1 Å². The molecule has 10 heteroatoms. The van der Waals surface area contributed by atoms with Crippen molar-refractivity contribution in [1.29, 1.82) is 0 Å². The van der Waals surface area contributed by atoms with Gasteiger partial charge in [0.1, 0.15) is 0 Å². The van der Waals surface area contributed by atoms with Crippen LogP contribution in [0.4, 0.5) is 22.7 Å². The summed E-state index contributed by atoms with van der Waals surface area (Å²) in [5.74, 6) is -0.913. The van der Waals surface area contributed by atoms with Crippen molar-refractivity contribution in [3.8, 4) is 0 Å². The Labute approximate surface area is 217 Å². The number of non-ortho nitro benzene ring substituents is 1. The first-order valence-corrected chi connectivity index (χ1v) is 13.0. The fourth-order valence-electron chi connectivity index (χ4n) is 4.98. The van der Waals surface area contributed by atoms with E-state index in [2.05, 4.69) is 26.9 Å². The number of carbonyl (C=O) groups is 2. The zero-order valence-electron chi connectivity index (χ0n) is 21.6. The number of likely N-dealkylation sites (N-methyl/N-ethyl adjacent to an activating group) is 1. The molecule has 0 bridgehead atoms. The van der Waals surface area contributed by atoms with Gasteiger partial charge in [-0.1, -0.05) is 6.92 Å². The van der Waals surface area contributed by atoms with Crippen LogP contribution < -0.4 is 15.1 Å². The van der Waals surface area contributed by atoms with Gasteiger partial charge in [-0.2, -0.15) is 0 Å². The molecule has 0 atom stereocenters.